The highest BCUT2D eigenvalue weighted by atomic mass is 16.4. The van der Waals surface area contributed by atoms with E-state index in [2.05, 4.69) is 15.2 Å². The van der Waals surface area contributed by atoms with Gasteiger partial charge >= 0.3 is 5.97 Å². The van der Waals surface area contributed by atoms with E-state index in [1.807, 2.05) is 0 Å². The van der Waals surface area contributed by atoms with E-state index < -0.39 is 5.97 Å². The van der Waals surface area contributed by atoms with Gasteiger partial charge in [0.15, 0.2) is 5.69 Å². The van der Waals surface area contributed by atoms with Crippen LogP contribution in [0.1, 0.15) is 55.4 Å². The van der Waals surface area contributed by atoms with Crippen molar-refractivity contribution < 1.29 is 9.90 Å². The van der Waals surface area contributed by atoms with Crippen molar-refractivity contribution in [1.29, 1.82) is 0 Å². The molecule has 2 fully saturated rings. The molecule has 1 N–H and O–H groups in total. The van der Waals surface area contributed by atoms with Crippen LogP contribution in [0.3, 0.4) is 0 Å². The summed E-state index contributed by atoms with van der Waals surface area (Å²) < 4.78 is 1.63. The highest BCUT2D eigenvalue weighted by molar-refractivity contribution is 5.84. The lowest BCUT2D eigenvalue weighted by Crippen LogP contribution is -2.42. The first-order valence-electron chi connectivity index (χ1n) is 8.03. The van der Waals surface area contributed by atoms with Crippen molar-refractivity contribution in [3.8, 4) is 0 Å². The molecule has 6 heteroatoms. The number of carboxylic acids is 1. The van der Waals surface area contributed by atoms with Crippen LogP contribution >= 0.6 is 0 Å². The second-order valence-corrected chi connectivity index (χ2v) is 6.57. The monoisotopic (exact) mass is 292 g/mol. The molecular formula is C15H24N4O2. The molecule has 3 rings (SSSR count). The molecule has 6 nitrogen and oxygen atoms in total. The van der Waals surface area contributed by atoms with Gasteiger partial charge in [-0.2, -0.15) is 0 Å². The third kappa shape index (κ3) is 3.43. The average molecular weight is 292 g/mol. The fourth-order valence-electron chi connectivity index (χ4n) is 3.80. The maximum Gasteiger partial charge on any atom is 0.358 e. The molecule has 0 atom stereocenters. The van der Waals surface area contributed by atoms with Gasteiger partial charge < -0.3 is 10.0 Å². The molecule has 1 aromatic heterocycles. The molecule has 1 spiro atoms. The first-order chi connectivity index (χ1) is 10.2. The molecule has 1 saturated carbocycles. The van der Waals surface area contributed by atoms with Crippen molar-refractivity contribution in [2.45, 2.75) is 51.5 Å². The SMILES string of the molecule is O=C(O)c1cn(CCN2CCC3(CCCCC3)CC2)nn1. The Kier molecular flexibility index (Phi) is 4.24. The van der Waals surface area contributed by atoms with Crippen LogP contribution < -0.4 is 0 Å². The van der Waals surface area contributed by atoms with E-state index >= 15 is 0 Å². The maximum absolute atomic E-state index is 10.8. The van der Waals surface area contributed by atoms with Crippen LogP contribution in [-0.4, -0.2) is 50.6 Å². The summed E-state index contributed by atoms with van der Waals surface area (Å²) >= 11 is 0. The van der Waals surface area contributed by atoms with Crippen molar-refractivity contribution in [3.05, 3.63) is 11.9 Å². The van der Waals surface area contributed by atoms with Crippen LogP contribution in [0.15, 0.2) is 6.20 Å². The van der Waals surface area contributed by atoms with Crippen LogP contribution in [0.2, 0.25) is 0 Å². The predicted octanol–water partition coefficient (Wildman–Crippen LogP) is 2.02. The minimum absolute atomic E-state index is 0.0230. The smallest absolute Gasteiger partial charge is 0.358 e. The summed E-state index contributed by atoms with van der Waals surface area (Å²) in [5, 5.41) is 16.3. The zero-order chi connectivity index (χ0) is 14.7. The van der Waals surface area contributed by atoms with E-state index in [4.69, 9.17) is 5.11 Å². The van der Waals surface area contributed by atoms with Crippen molar-refractivity contribution in [3.63, 3.8) is 0 Å². The number of aromatic nitrogens is 3. The first kappa shape index (κ1) is 14.5. The second kappa shape index (κ2) is 6.13. The molecule has 116 valence electrons. The van der Waals surface area contributed by atoms with E-state index in [1.165, 1.54) is 64.2 Å². The molecule has 0 radical (unpaired) electrons. The van der Waals surface area contributed by atoms with Crippen LogP contribution in [0.5, 0.6) is 0 Å². The van der Waals surface area contributed by atoms with Crippen LogP contribution in [-0.2, 0) is 6.54 Å². The molecule has 1 saturated heterocycles. The summed E-state index contributed by atoms with van der Waals surface area (Å²) in [6.07, 6.45) is 11.2. The largest absolute Gasteiger partial charge is 0.476 e. The number of aromatic carboxylic acids is 1. The van der Waals surface area contributed by atoms with Crippen LogP contribution in [0.25, 0.3) is 0 Å². The van der Waals surface area contributed by atoms with Crippen LogP contribution in [0, 0.1) is 5.41 Å². The quantitative estimate of drug-likeness (QED) is 0.919. The zero-order valence-electron chi connectivity index (χ0n) is 12.5. The van der Waals surface area contributed by atoms with Crippen molar-refractivity contribution in [1.82, 2.24) is 19.9 Å². The average Bonchev–Trinajstić information content (AvgIpc) is 2.97. The van der Waals surface area contributed by atoms with Gasteiger partial charge in [-0.3, -0.25) is 4.68 Å². The summed E-state index contributed by atoms with van der Waals surface area (Å²) in [4.78, 5) is 13.2. The molecule has 2 aliphatic rings. The van der Waals surface area contributed by atoms with E-state index in [9.17, 15) is 4.79 Å². The molecule has 0 unspecified atom stereocenters. The highest BCUT2D eigenvalue weighted by Crippen LogP contribution is 2.44. The molecule has 0 bridgehead atoms. The first-order valence-corrected chi connectivity index (χ1v) is 8.03. The summed E-state index contributed by atoms with van der Waals surface area (Å²) in [5.41, 5.74) is 0.660. The number of carbonyl (C=O) groups is 1. The van der Waals surface area contributed by atoms with E-state index in [0.29, 0.717) is 12.0 Å². The van der Waals surface area contributed by atoms with Crippen molar-refractivity contribution >= 4 is 5.97 Å². The summed E-state index contributed by atoms with van der Waals surface area (Å²) in [6, 6.07) is 0. The van der Waals surface area contributed by atoms with Crippen molar-refractivity contribution in [2.75, 3.05) is 19.6 Å². The molecule has 21 heavy (non-hydrogen) atoms. The summed E-state index contributed by atoms with van der Waals surface area (Å²) in [7, 11) is 0. The Hall–Kier alpha value is -1.43. The van der Waals surface area contributed by atoms with Gasteiger partial charge in [0.25, 0.3) is 0 Å². The van der Waals surface area contributed by atoms with Crippen LogP contribution in [0.4, 0.5) is 0 Å². The number of rotatable bonds is 4. The lowest BCUT2D eigenvalue weighted by atomic mass is 9.68. The number of piperidine rings is 1. The van der Waals surface area contributed by atoms with Gasteiger partial charge in [-0.05, 0) is 44.2 Å². The number of hydrogen-bond donors (Lipinski definition) is 1. The number of hydrogen-bond acceptors (Lipinski definition) is 4. The molecule has 0 amide bonds. The number of carboxylic acid groups (broad SMARTS) is 1. The second-order valence-electron chi connectivity index (χ2n) is 6.57. The van der Waals surface area contributed by atoms with Gasteiger partial charge in [0.1, 0.15) is 0 Å². The van der Waals surface area contributed by atoms with Gasteiger partial charge in [-0.15, -0.1) is 5.10 Å². The minimum Gasteiger partial charge on any atom is -0.476 e. The van der Waals surface area contributed by atoms with Gasteiger partial charge in [0.2, 0.25) is 0 Å². The van der Waals surface area contributed by atoms with Gasteiger partial charge in [-0.1, -0.05) is 24.5 Å². The fraction of sp³-hybridized carbons (Fsp3) is 0.800. The predicted molar refractivity (Wildman–Crippen MR) is 78.2 cm³/mol. The van der Waals surface area contributed by atoms with E-state index in [0.717, 1.165) is 6.54 Å². The van der Waals surface area contributed by atoms with Gasteiger partial charge in [0, 0.05) is 6.54 Å². The standard InChI is InChI=1S/C15H24N4O2/c20-14(21)13-12-19(17-16-13)11-10-18-8-6-15(7-9-18)4-2-1-3-5-15/h12H,1-11H2,(H,20,21). The number of nitrogens with zero attached hydrogens (tertiary/aromatic N) is 4. The zero-order valence-corrected chi connectivity index (χ0v) is 12.5. The molecule has 1 aliphatic carbocycles. The van der Waals surface area contributed by atoms with Crippen molar-refractivity contribution in [2.24, 2.45) is 5.41 Å². The molecule has 0 aromatic carbocycles. The Morgan fingerprint density at radius 1 is 1.14 bits per heavy atom. The Morgan fingerprint density at radius 2 is 1.86 bits per heavy atom. The topological polar surface area (TPSA) is 71.2 Å². The third-order valence-corrected chi connectivity index (χ3v) is 5.23. The summed E-state index contributed by atoms with van der Waals surface area (Å²) in [5.74, 6) is -1.02. The Morgan fingerprint density at radius 3 is 2.48 bits per heavy atom. The maximum atomic E-state index is 10.8. The Bertz CT molecular complexity index is 484. The van der Waals surface area contributed by atoms with E-state index in [1.54, 1.807) is 4.68 Å². The molecule has 1 aliphatic heterocycles. The minimum atomic E-state index is -1.02. The molecule has 2 heterocycles. The fourth-order valence-corrected chi connectivity index (χ4v) is 3.80. The van der Waals surface area contributed by atoms with Gasteiger partial charge in [-0.25, -0.2) is 4.79 Å². The molecule has 1 aromatic rings. The molecular weight excluding hydrogens is 268 g/mol. The van der Waals surface area contributed by atoms with E-state index in [-0.39, 0.29) is 5.69 Å². The number of likely N-dealkylation sites (tertiary alicyclic amines) is 1. The lowest BCUT2D eigenvalue weighted by molar-refractivity contribution is 0.0655. The Balaban J connectivity index is 1.45. The summed E-state index contributed by atoms with van der Waals surface area (Å²) in [6.45, 7) is 3.98. The van der Waals surface area contributed by atoms with Gasteiger partial charge in [0.05, 0.1) is 12.7 Å². The highest BCUT2D eigenvalue weighted by Gasteiger charge is 2.35. The lowest BCUT2D eigenvalue weighted by Gasteiger charge is -2.44. The normalized spacial score (nSPS) is 22.5. The third-order valence-electron chi connectivity index (χ3n) is 5.23. The Labute approximate surface area is 125 Å².